The van der Waals surface area contributed by atoms with Crippen LogP contribution in [0.15, 0.2) is 28.7 Å². The lowest BCUT2D eigenvalue weighted by Crippen LogP contribution is -2.24. The van der Waals surface area contributed by atoms with Crippen LogP contribution >= 0.6 is 15.9 Å². The summed E-state index contributed by atoms with van der Waals surface area (Å²) in [6, 6.07) is 7.52. The van der Waals surface area contributed by atoms with Gasteiger partial charge in [-0.25, -0.2) is 8.78 Å². The quantitative estimate of drug-likeness (QED) is 0.784. The van der Waals surface area contributed by atoms with E-state index in [1.807, 2.05) is 24.3 Å². The minimum Gasteiger partial charge on any atom is -0.375 e. The van der Waals surface area contributed by atoms with Crippen LogP contribution in [0.5, 0.6) is 0 Å². The molecule has 0 saturated carbocycles. The number of nitrogens with one attached hydrogen (secondary N) is 1. The second-order valence-corrected chi connectivity index (χ2v) is 4.44. The summed E-state index contributed by atoms with van der Waals surface area (Å²) in [5.74, 6) is -0.222. The van der Waals surface area contributed by atoms with Crippen LogP contribution in [0.1, 0.15) is 12.0 Å². The van der Waals surface area contributed by atoms with Crippen LogP contribution in [0.25, 0.3) is 0 Å². The third-order valence-corrected chi connectivity index (χ3v) is 2.92. The van der Waals surface area contributed by atoms with Gasteiger partial charge >= 0.3 is 0 Å². The number of carbonyl (C=O) groups is 1. The number of amides is 1. The van der Waals surface area contributed by atoms with E-state index in [4.69, 9.17) is 0 Å². The minimum atomic E-state index is -2.49. The Morgan fingerprint density at radius 1 is 1.39 bits per heavy atom. The Balaban J connectivity index is 2.19. The standard InChI is InChI=1S/C12H14BrF2NO2/c13-10-4-2-1-3-9(10)7-16-12(17)5-6-18-8-11(14)15/h1-4,11H,5-8H2,(H,16,17). The summed E-state index contributed by atoms with van der Waals surface area (Å²) in [4.78, 5) is 11.4. The summed E-state index contributed by atoms with van der Waals surface area (Å²) in [7, 11) is 0. The summed E-state index contributed by atoms with van der Waals surface area (Å²) in [6.45, 7) is -0.223. The molecule has 0 aliphatic carbocycles. The van der Waals surface area contributed by atoms with Crippen molar-refractivity contribution in [3.63, 3.8) is 0 Å². The van der Waals surface area contributed by atoms with E-state index >= 15 is 0 Å². The zero-order valence-corrected chi connectivity index (χ0v) is 11.3. The fourth-order valence-electron chi connectivity index (χ4n) is 1.26. The summed E-state index contributed by atoms with van der Waals surface area (Å²) in [5.41, 5.74) is 0.958. The van der Waals surface area contributed by atoms with Crippen molar-refractivity contribution in [2.75, 3.05) is 13.2 Å². The predicted molar refractivity (Wildman–Crippen MR) is 67.4 cm³/mol. The van der Waals surface area contributed by atoms with E-state index in [1.165, 1.54) is 0 Å². The van der Waals surface area contributed by atoms with E-state index in [-0.39, 0.29) is 18.9 Å². The van der Waals surface area contributed by atoms with E-state index in [1.54, 1.807) is 0 Å². The number of hydrogen-bond acceptors (Lipinski definition) is 2. The highest BCUT2D eigenvalue weighted by molar-refractivity contribution is 9.10. The normalized spacial score (nSPS) is 10.7. The van der Waals surface area contributed by atoms with Crippen molar-refractivity contribution >= 4 is 21.8 Å². The van der Waals surface area contributed by atoms with Crippen LogP contribution in [0.4, 0.5) is 8.78 Å². The number of ether oxygens (including phenoxy) is 1. The van der Waals surface area contributed by atoms with Crippen LogP contribution < -0.4 is 5.32 Å². The Morgan fingerprint density at radius 3 is 2.78 bits per heavy atom. The molecule has 0 radical (unpaired) electrons. The lowest BCUT2D eigenvalue weighted by molar-refractivity contribution is -0.122. The molecule has 3 nitrogen and oxygen atoms in total. The van der Waals surface area contributed by atoms with Gasteiger partial charge in [-0.1, -0.05) is 34.1 Å². The molecule has 0 aliphatic heterocycles. The molecule has 0 fully saturated rings. The molecule has 1 aromatic carbocycles. The van der Waals surface area contributed by atoms with Gasteiger partial charge in [0.1, 0.15) is 6.61 Å². The highest BCUT2D eigenvalue weighted by Gasteiger charge is 2.05. The van der Waals surface area contributed by atoms with Crippen LogP contribution in [0, 0.1) is 0 Å². The molecule has 6 heteroatoms. The summed E-state index contributed by atoms with van der Waals surface area (Å²) < 4.78 is 29.0. The molecule has 1 rings (SSSR count). The third-order valence-electron chi connectivity index (χ3n) is 2.15. The number of carbonyl (C=O) groups excluding carboxylic acids is 1. The highest BCUT2D eigenvalue weighted by atomic mass is 79.9. The summed E-state index contributed by atoms with van der Waals surface area (Å²) >= 11 is 3.37. The molecular formula is C12H14BrF2NO2. The second-order valence-electron chi connectivity index (χ2n) is 3.58. The van der Waals surface area contributed by atoms with Gasteiger partial charge < -0.3 is 10.1 Å². The number of rotatable bonds is 7. The Labute approximate surface area is 113 Å². The molecule has 0 saturated heterocycles. The largest absolute Gasteiger partial charge is 0.375 e. The maximum atomic E-state index is 11.7. The average molecular weight is 322 g/mol. The van der Waals surface area contributed by atoms with Gasteiger partial charge in [0.2, 0.25) is 5.91 Å². The van der Waals surface area contributed by atoms with E-state index in [9.17, 15) is 13.6 Å². The van der Waals surface area contributed by atoms with Gasteiger partial charge in [0.15, 0.2) is 0 Å². The van der Waals surface area contributed by atoms with Crippen LogP contribution in [-0.2, 0) is 16.1 Å². The molecule has 1 N–H and O–H groups in total. The first-order chi connectivity index (χ1) is 8.59. The van der Waals surface area contributed by atoms with Crippen molar-refractivity contribution < 1.29 is 18.3 Å². The number of alkyl halides is 2. The zero-order chi connectivity index (χ0) is 13.4. The summed E-state index contributed by atoms with van der Waals surface area (Å²) in [5, 5.41) is 2.69. The van der Waals surface area contributed by atoms with Crippen molar-refractivity contribution in [1.29, 1.82) is 0 Å². The Hall–Kier alpha value is -1.01. The van der Waals surface area contributed by atoms with E-state index < -0.39 is 13.0 Å². The Kier molecular flexibility index (Phi) is 6.82. The predicted octanol–water partition coefficient (Wildman–Crippen LogP) is 2.74. The topological polar surface area (TPSA) is 38.3 Å². The molecule has 0 aliphatic rings. The highest BCUT2D eigenvalue weighted by Crippen LogP contribution is 2.15. The van der Waals surface area contributed by atoms with Crippen LogP contribution in [-0.4, -0.2) is 25.5 Å². The smallest absolute Gasteiger partial charge is 0.261 e. The monoisotopic (exact) mass is 321 g/mol. The third kappa shape index (κ3) is 6.07. The second kappa shape index (κ2) is 8.16. The van der Waals surface area contributed by atoms with Crippen molar-refractivity contribution in [1.82, 2.24) is 5.32 Å². The van der Waals surface area contributed by atoms with Crippen molar-refractivity contribution in [2.24, 2.45) is 0 Å². The average Bonchev–Trinajstić information content (AvgIpc) is 2.33. The molecule has 1 amide bonds. The van der Waals surface area contributed by atoms with Crippen molar-refractivity contribution in [3.8, 4) is 0 Å². The van der Waals surface area contributed by atoms with Crippen molar-refractivity contribution in [3.05, 3.63) is 34.3 Å². The van der Waals surface area contributed by atoms with Gasteiger partial charge in [0.05, 0.1) is 6.61 Å². The lowest BCUT2D eigenvalue weighted by atomic mass is 10.2. The fourth-order valence-corrected chi connectivity index (χ4v) is 1.69. The van der Waals surface area contributed by atoms with E-state index in [0.717, 1.165) is 10.0 Å². The van der Waals surface area contributed by atoms with Crippen LogP contribution in [0.2, 0.25) is 0 Å². The molecule has 0 spiro atoms. The van der Waals surface area contributed by atoms with Gasteiger partial charge in [-0.3, -0.25) is 4.79 Å². The lowest BCUT2D eigenvalue weighted by Gasteiger charge is -2.07. The molecule has 0 heterocycles. The SMILES string of the molecule is O=C(CCOCC(F)F)NCc1ccccc1Br. The van der Waals surface area contributed by atoms with Gasteiger partial charge in [-0.15, -0.1) is 0 Å². The number of benzene rings is 1. The molecule has 18 heavy (non-hydrogen) atoms. The molecule has 1 aromatic rings. The molecular weight excluding hydrogens is 308 g/mol. The zero-order valence-electron chi connectivity index (χ0n) is 9.67. The Morgan fingerprint density at radius 2 is 2.11 bits per heavy atom. The van der Waals surface area contributed by atoms with Crippen LogP contribution in [0.3, 0.4) is 0 Å². The molecule has 0 aromatic heterocycles. The Bertz CT molecular complexity index is 388. The fraction of sp³-hybridized carbons (Fsp3) is 0.417. The number of hydrogen-bond donors (Lipinski definition) is 1. The minimum absolute atomic E-state index is 0.00608. The van der Waals surface area contributed by atoms with E-state index in [0.29, 0.717) is 6.54 Å². The van der Waals surface area contributed by atoms with Gasteiger partial charge in [-0.05, 0) is 11.6 Å². The first kappa shape index (κ1) is 15.0. The molecule has 0 unspecified atom stereocenters. The molecule has 0 atom stereocenters. The molecule has 0 bridgehead atoms. The number of halogens is 3. The maximum absolute atomic E-state index is 11.7. The van der Waals surface area contributed by atoms with E-state index in [2.05, 4.69) is 26.0 Å². The first-order valence-electron chi connectivity index (χ1n) is 5.45. The summed E-state index contributed by atoms with van der Waals surface area (Å²) in [6.07, 6.45) is -2.41. The maximum Gasteiger partial charge on any atom is 0.261 e. The van der Waals surface area contributed by atoms with Gasteiger partial charge in [-0.2, -0.15) is 0 Å². The first-order valence-corrected chi connectivity index (χ1v) is 6.25. The van der Waals surface area contributed by atoms with Crippen molar-refractivity contribution in [2.45, 2.75) is 19.4 Å². The molecule has 100 valence electrons. The van der Waals surface area contributed by atoms with Gasteiger partial charge in [0.25, 0.3) is 6.43 Å². The van der Waals surface area contributed by atoms with Gasteiger partial charge in [0, 0.05) is 17.4 Å².